The van der Waals surface area contributed by atoms with Gasteiger partial charge < -0.3 is 9.47 Å². The molecule has 0 spiro atoms. The average Bonchev–Trinajstić information content (AvgIpc) is 2.45. The van der Waals surface area contributed by atoms with Gasteiger partial charge >= 0.3 is 0 Å². The van der Waals surface area contributed by atoms with Crippen LogP contribution in [0.4, 0.5) is 0 Å². The van der Waals surface area contributed by atoms with E-state index in [-0.39, 0.29) is 0 Å². The summed E-state index contributed by atoms with van der Waals surface area (Å²) >= 11 is 0. The highest BCUT2D eigenvalue weighted by Crippen LogP contribution is 2.10. The van der Waals surface area contributed by atoms with E-state index in [4.69, 9.17) is 0 Å². The normalized spacial score (nSPS) is 10.9. The van der Waals surface area contributed by atoms with Crippen molar-refractivity contribution < 1.29 is 0 Å². The number of nitrogens with zero attached hydrogens (tertiary/aromatic N) is 2. The van der Waals surface area contributed by atoms with Gasteiger partial charge in [-0.15, -0.1) is 6.58 Å². The summed E-state index contributed by atoms with van der Waals surface area (Å²) < 4.78 is 2.28. The number of aryl methyl sites for hydroxylation is 1. The second kappa shape index (κ2) is 5.01. The minimum Gasteiger partial charge on any atom is -0.350 e. The molecule has 1 rings (SSSR count). The molecular formula is C12H20N2. The Bertz CT molecular complexity index is 297. The molecule has 2 nitrogen and oxygen atoms in total. The maximum Gasteiger partial charge on any atom is 0.0381 e. The van der Waals surface area contributed by atoms with E-state index in [9.17, 15) is 0 Å². The molecule has 78 valence electrons. The van der Waals surface area contributed by atoms with Crippen LogP contribution in [0.2, 0.25) is 0 Å². The molecule has 0 aliphatic carbocycles. The van der Waals surface area contributed by atoms with Gasteiger partial charge in [0.1, 0.15) is 0 Å². The molecule has 0 unspecified atom stereocenters. The maximum atomic E-state index is 3.74. The lowest BCUT2D eigenvalue weighted by atomic mass is 10.2. The second-order valence-corrected chi connectivity index (χ2v) is 3.94. The molecule has 0 radical (unpaired) electrons. The van der Waals surface area contributed by atoms with E-state index in [0.29, 0.717) is 0 Å². The Morgan fingerprint density at radius 1 is 1.36 bits per heavy atom. The molecule has 1 aromatic heterocycles. The Morgan fingerprint density at radius 2 is 2.00 bits per heavy atom. The number of rotatable bonds is 5. The van der Waals surface area contributed by atoms with Crippen LogP contribution in [0.25, 0.3) is 0 Å². The van der Waals surface area contributed by atoms with Crippen molar-refractivity contribution in [3.8, 4) is 0 Å². The Morgan fingerprint density at radius 3 is 2.57 bits per heavy atom. The molecule has 1 heterocycles. The lowest BCUT2D eigenvalue weighted by molar-refractivity contribution is 0.390. The predicted octanol–water partition coefficient (Wildman–Crippen LogP) is 2.21. The van der Waals surface area contributed by atoms with Crippen molar-refractivity contribution in [1.82, 2.24) is 9.47 Å². The highest BCUT2D eigenvalue weighted by Gasteiger charge is 2.04. The average molecular weight is 192 g/mol. The molecule has 0 aliphatic rings. The zero-order valence-electron chi connectivity index (χ0n) is 9.45. The van der Waals surface area contributed by atoms with Crippen LogP contribution in [-0.4, -0.2) is 23.6 Å². The molecule has 0 bridgehead atoms. The van der Waals surface area contributed by atoms with Crippen LogP contribution in [0.3, 0.4) is 0 Å². The minimum atomic E-state index is 1.00. The number of hydrogen-bond donors (Lipinski definition) is 0. The van der Waals surface area contributed by atoms with E-state index in [0.717, 1.165) is 19.4 Å². The second-order valence-electron chi connectivity index (χ2n) is 3.94. The van der Waals surface area contributed by atoms with Crippen molar-refractivity contribution >= 4 is 0 Å². The topological polar surface area (TPSA) is 8.17 Å². The van der Waals surface area contributed by atoms with Crippen LogP contribution in [0.1, 0.15) is 17.8 Å². The molecule has 1 aromatic rings. The molecule has 0 fully saturated rings. The van der Waals surface area contributed by atoms with Crippen LogP contribution >= 0.6 is 0 Å². The molecule has 0 aromatic carbocycles. The molecule has 0 saturated carbocycles. The van der Waals surface area contributed by atoms with E-state index in [1.807, 2.05) is 6.08 Å². The smallest absolute Gasteiger partial charge is 0.0381 e. The van der Waals surface area contributed by atoms with Crippen LogP contribution in [0.15, 0.2) is 24.8 Å². The van der Waals surface area contributed by atoms with Crippen molar-refractivity contribution in [3.63, 3.8) is 0 Å². The molecule has 0 aliphatic heterocycles. The molecule has 0 atom stereocenters. The van der Waals surface area contributed by atoms with Crippen LogP contribution in [0.5, 0.6) is 0 Å². The molecule has 0 amide bonds. The summed E-state index contributed by atoms with van der Waals surface area (Å²) in [4.78, 5) is 2.19. The molecule has 14 heavy (non-hydrogen) atoms. The molecular weight excluding hydrogens is 172 g/mol. The standard InChI is InChI=1S/C12H20N2/c1-5-6-7-11-8-9-12(14(11)4)10-13(2)3/h5,8-9H,1,6-7,10H2,2-4H3. The van der Waals surface area contributed by atoms with E-state index in [1.165, 1.54) is 11.4 Å². The summed E-state index contributed by atoms with van der Waals surface area (Å²) in [5.74, 6) is 0. The van der Waals surface area contributed by atoms with Gasteiger partial charge in [-0.25, -0.2) is 0 Å². The molecule has 0 N–H and O–H groups in total. The van der Waals surface area contributed by atoms with Crippen LogP contribution in [0, 0.1) is 0 Å². The number of hydrogen-bond acceptors (Lipinski definition) is 1. The van der Waals surface area contributed by atoms with E-state index in [1.54, 1.807) is 0 Å². The van der Waals surface area contributed by atoms with Crippen molar-refractivity contribution in [2.75, 3.05) is 14.1 Å². The van der Waals surface area contributed by atoms with Gasteiger partial charge in [0.25, 0.3) is 0 Å². The Hall–Kier alpha value is -1.02. The third-order valence-corrected chi connectivity index (χ3v) is 2.41. The summed E-state index contributed by atoms with van der Waals surface area (Å²) in [5.41, 5.74) is 2.76. The van der Waals surface area contributed by atoms with Crippen molar-refractivity contribution in [3.05, 3.63) is 36.2 Å². The van der Waals surface area contributed by atoms with Crippen molar-refractivity contribution in [2.24, 2.45) is 7.05 Å². The predicted molar refractivity (Wildman–Crippen MR) is 61.3 cm³/mol. The number of aromatic nitrogens is 1. The summed E-state index contributed by atoms with van der Waals surface area (Å²) in [6, 6.07) is 4.42. The quantitative estimate of drug-likeness (QED) is 0.649. The Balaban J connectivity index is 2.69. The van der Waals surface area contributed by atoms with Crippen LogP contribution in [-0.2, 0) is 20.0 Å². The van der Waals surface area contributed by atoms with Gasteiger partial charge in [-0.05, 0) is 39.1 Å². The molecule has 2 heteroatoms. The monoisotopic (exact) mass is 192 g/mol. The van der Waals surface area contributed by atoms with Gasteiger partial charge in [-0.1, -0.05) is 6.08 Å². The van der Waals surface area contributed by atoms with E-state index >= 15 is 0 Å². The largest absolute Gasteiger partial charge is 0.350 e. The first kappa shape index (κ1) is 11.1. The van der Waals surface area contributed by atoms with Gasteiger partial charge in [0, 0.05) is 25.0 Å². The van der Waals surface area contributed by atoms with Crippen LogP contribution < -0.4 is 0 Å². The van der Waals surface area contributed by atoms with Gasteiger partial charge in [-0.2, -0.15) is 0 Å². The van der Waals surface area contributed by atoms with Crippen molar-refractivity contribution in [2.45, 2.75) is 19.4 Å². The summed E-state index contributed by atoms with van der Waals surface area (Å²) in [6.07, 6.45) is 4.12. The van der Waals surface area contributed by atoms with Crippen molar-refractivity contribution in [1.29, 1.82) is 0 Å². The third-order valence-electron chi connectivity index (χ3n) is 2.41. The van der Waals surface area contributed by atoms with Gasteiger partial charge in [0.2, 0.25) is 0 Å². The van der Waals surface area contributed by atoms with E-state index < -0.39 is 0 Å². The summed E-state index contributed by atoms with van der Waals surface area (Å²) in [5, 5.41) is 0. The molecule has 0 saturated heterocycles. The first-order chi connectivity index (χ1) is 6.65. The SMILES string of the molecule is C=CCCc1ccc(CN(C)C)n1C. The Labute approximate surface area is 86.8 Å². The lowest BCUT2D eigenvalue weighted by Gasteiger charge is -2.11. The lowest BCUT2D eigenvalue weighted by Crippen LogP contribution is -2.14. The van der Waals surface area contributed by atoms with Gasteiger partial charge in [0.05, 0.1) is 0 Å². The zero-order chi connectivity index (χ0) is 10.6. The third kappa shape index (κ3) is 2.74. The highest BCUT2D eigenvalue weighted by molar-refractivity contribution is 5.16. The zero-order valence-corrected chi connectivity index (χ0v) is 9.45. The first-order valence-corrected chi connectivity index (χ1v) is 5.04. The van der Waals surface area contributed by atoms with Gasteiger partial charge in [-0.3, -0.25) is 0 Å². The highest BCUT2D eigenvalue weighted by atomic mass is 15.1. The maximum absolute atomic E-state index is 3.74. The number of allylic oxidation sites excluding steroid dienone is 1. The van der Waals surface area contributed by atoms with Gasteiger partial charge in [0.15, 0.2) is 0 Å². The summed E-state index contributed by atoms with van der Waals surface area (Å²) in [6.45, 7) is 4.75. The Kier molecular flexibility index (Phi) is 3.96. The van der Waals surface area contributed by atoms with E-state index in [2.05, 4.69) is 49.3 Å². The summed E-state index contributed by atoms with van der Waals surface area (Å²) in [7, 11) is 6.32. The first-order valence-electron chi connectivity index (χ1n) is 5.04. The fourth-order valence-electron chi connectivity index (χ4n) is 1.58. The minimum absolute atomic E-state index is 1.00. The fourth-order valence-corrected chi connectivity index (χ4v) is 1.58. The fraction of sp³-hybridized carbons (Fsp3) is 0.500.